The molecule has 12 heteroatoms. The summed E-state index contributed by atoms with van der Waals surface area (Å²) in [5.41, 5.74) is 2.78. The van der Waals surface area contributed by atoms with Crippen molar-refractivity contribution in [1.29, 1.82) is 0 Å². The van der Waals surface area contributed by atoms with Gasteiger partial charge in [0.05, 0.1) is 11.8 Å². The van der Waals surface area contributed by atoms with Gasteiger partial charge in [-0.15, -0.1) is 0 Å². The lowest BCUT2D eigenvalue weighted by Crippen LogP contribution is -2.52. The van der Waals surface area contributed by atoms with Crippen LogP contribution in [0.25, 0.3) is 0 Å². The number of allylic oxidation sites excluding steroid dienone is 2. The molecule has 2 heterocycles. The first-order valence-electron chi connectivity index (χ1n) is 22.5. The Bertz CT molecular complexity index is 1860. The summed E-state index contributed by atoms with van der Waals surface area (Å²) < 4.78 is 0. The minimum atomic E-state index is -0.931. The van der Waals surface area contributed by atoms with Gasteiger partial charge in [0.15, 0.2) is 0 Å². The molecule has 0 radical (unpaired) electrons. The van der Waals surface area contributed by atoms with Crippen molar-refractivity contribution in [3.63, 3.8) is 0 Å². The molecule has 0 aromatic heterocycles. The van der Waals surface area contributed by atoms with Crippen LogP contribution >= 0.6 is 0 Å². The van der Waals surface area contributed by atoms with Gasteiger partial charge in [-0.25, -0.2) is 0 Å². The number of benzene rings is 2. The van der Waals surface area contributed by atoms with Crippen LogP contribution in [-0.2, 0) is 28.8 Å². The number of nitrogens with one attached hydrogen (secondary N) is 5. The van der Waals surface area contributed by atoms with E-state index in [-0.39, 0.29) is 78.3 Å². The fourth-order valence-electron chi connectivity index (χ4n) is 8.60. The molecule has 326 valence electrons. The highest BCUT2D eigenvalue weighted by molar-refractivity contribution is 5.99. The topological polar surface area (TPSA) is 166 Å². The van der Waals surface area contributed by atoms with Crippen molar-refractivity contribution in [2.24, 2.45) is 11.8 Å². The normalized spacial score (nSPS) is 26.8. The molecule has 4 aliphatic rings. The molecule has 2 aliphatic carbocycles. The Morgan fingerprint density at radius 3 is 1.75 bits per heavy atom. The minimum absolute atomic E-state index is 0.0359. The van der Waals surface area contributed by atoms with E-state index in [0.717, 1.165) is 62.5 Å². The van der Waals surface area contributed by atoms with Gasteiger partial charge in [-0.3, -0.25) is 28.8 Å². The van der Waals surface area contributed by atoms with Crippen molar-refractivity contribution in [3.05, 3.63) is 108 Å². The van der Waals surface area contributed by atoms with Crippen LogP contribution in [0.1, 0.15) is 113 Å². The second-order valence-electron chi connectivity index (χ2n) is 17.2. The summed E-state index contributed by atoms with van der Waals surface area (Å²) in [6, 6.07) is 19.0. The van der Waals surface area contributed by atoms with Crippen molar-refractivity contribution < 1.29 is 28.8 Å². The molecule has 61 heavy (non-hydrogen) atoms. The second-order valence-corrected chi connectivity index (χ2v) is 17.2. The molecule has 2 aliphatic heterocycles. The van der Waals surface area contributed by atoms with Crippen LogP contribution in [0.15, 0.2) is 96.6 Å². The highest BCUT2D eigenvalue weighted by Crippen LogP contribution is 2.42. The molecule has 4 fully saturated rings. The van der Waals surface area contributed by atoms with E-state index in [1.165, 1.54) is 48.8 Å². The predicted octanol–water partition coefficient (Wildman–Crippen LogP) is 5.49. The molecule has 0 unspecified atom stereocenters. The standard InChI is InChI=1S/C49H64N6O6/c1-3-34(26-25-33(2)45(57)51-30-43-48(60)50-27-19-11-9-7-5-4-6-8-10-18-24-44(56)52-43)49(61)55-31-39(46(58)53-41-28-37(41)35-20-14-12-15-21-35)40(32-55)47(59)54-42-29-38(42)36-22-16-13-17-23-36/h3,12-17,20-23,25-26,37-43H,1,4-11,18-19,24,27-32H2,2H3,(H,50,60)(H,51,57)(H,52,56)(H,53,58)(H,54,59)/b33-25+,34-26+/t37-,38-,39-,40-,41+,42+,43+/m1/s1. The molecule has 0 bridgehead atoms. The van der Waals surface area contributed by atoms with Crippen LogP contribution in [0.3, 0.4) is 0 Å². The van der Waals surface area contributed by atoms with E-state index in [9.17, 15) is 28.8 Å². The molecular weight excluding hydrogens is 769 g/mol. The number of amides is 6. The van der Waals surface area contributed by atoms with Crippen LogP contribution in [0.2, 0.25) is 0 Å². The van der Waals surface area contributed by atoms with Gasteiger partial charge in [0.2, 0.25) is 29.5 Å². The van der Waals surface area contributed by atoms with Crippen LogP contribution in [0.4, 0.5) is 0 Å². The Morgan fingerprint density at radius 1 is 0.721 bits per heavy atom. The number of hydrogen-bond acceptors (Lipinski definition) is 6. The SMILES string of the molecule is C=C/C(=C\C=C(/C)C(=O)NC[C@@H]1NC(=O)CCCCCCCCCCCCNC1=O)C(=O)N1C[C@@H](C(=O)N[C@H]2C[C@@H]2c2ccccc2)[C@H](C(=O)N[C@H]2C[C@@H]2c2ccccc2)C1. The van der Waals surface area contributed by atoms with E-state index in [1.54, 1.807) is 6.92 Å². The van der Waals surface area contributed by atoms with Gasteiger partial charge in [0, 0.05) is 67.7 Å². The lowest BCUT2D eigenvalue weighted by atomic mass is 9.94. The summed E-state index contributed by atoms with van der Waals surface area (Å²) in [6.45, 7) is 5.96. The molecule has 12 nitrogen and oxygen atoms in total. The lowest BCUT2D eigenvalue weighted by Gasteiger charge is -2.19. The summed E-state index contributed by atoms with van der Waals surface area (Å²) in [5.74, 6) is -3.00. The summed E-state index contributed by atoms with van der Waals surface area (Å²) in [4.78, 5) is 82.4. The van der Waals surface area contributed by atoms with E-state index in [1.807, 2.05) is 36.4 Å². The summed E-state index contributed by atoms with van der Waals surface area (Å²) in [6.07, 6.45) is 16.9. The zero-order valence-corrected chi connectivity index (χ0v) is 35.7. The molecule has 5 N–H and O–H groups in total. The number of carbonyl (C=O) groups is 6. The van der Waals surface area contributed by atoms with E-state index in [2.05, 4.69) is 57.4 Å². The third kappa shape index (κ3) is 13.2. The van der Waals surface area contributed by atoms with Gasteiger partial charge in [0.1, 0.15) is 6.04 Å². The van der Waals surface area contributed by atoms with Gasteiger partial charge in [-0.1, -0.05) is 131 Å². The van der Waals surface area contributed by atoms with Crippen molar-refractivity contribution in [3.8, 4) is 0 Å². The Labute approximate surface area is 360 Å². The molecule has 2 saturated carbocycles. The fourth-order valence-corrected chi connectivity index (χ4v) is 8.60. The lowest BCUT2D eigenvalue weighted by molar-refractivity contribution is -0.133. The maximum Gasteiger partial charge on any atom is 0.253 e. The zero-order chi connectivity index (χ0) is 43.1. The average Bonchev–Trinajstić information content (AvgIpc) is 4.18. The number of rotatable bonds is 12. The molecule has 6 amide bonds. The summed E-state index contributed by atoms with van der Waals surface area (Å²) in [7, 11) is 0. The van der Waals surface area contributed by atoms with E-state index in [0.29, 0.717) is 13.0 Å². The van der Waals surface area contributed by atoms with Gasteiger partial charge < -0.3 is 31.5 Å². The van der Waals surface area contributed by atoms with Crippen LogP contribution in [-0.4, -0.2) is 84.6 Å². The third-order valence-corrected chi connectivity index (χ3v) is 12.6. The third-order valence-electron chi connectivity index (χ3n) is 12.6. The van der Waals surface area contributed by atoms with Crippen LogP contribution in [0, 0.1) is 11.8 Å². The van der Waals surface area contributed by atoms with Crippen molar-refractivity contribution in [1.82, 2.24) is 31.5 Å². The molecule has 7 atom stereocenters. The van der Waals surface area contributed by atoms with Gasteiger partial charge in [-0.2, -0.15) is 0 Å². The second kappa shape index (κ2) is 22.4. The highest BCUT2D eigenvalue weighted by atomic mass is 16.2. The van der Waals surface area contributed by atoms with Gasteiger partial charge >= 0.3 is 0 Å². The summed E-state index contributed by atoms with van der Waals surface area (Å²) in [5, 5.41) is 14.8. The minimum Gasteiger partial charge on any atom is -0.354 e. The van der Waals surface area contributed by atoms with Crippen molar-refractivity contribution in [2.75, 3.05) is 26.2 Å². The maximum absolute atomic E-state index is 14.0. The number of likely N-dealkylation sites (tertiary alicyclic amines) is 1. The fraction of sp³-hybridized carbons (Fsp3) is 0.510. The Kier molecular flexibility index (Phi) is 16.5. The Balaban J connectivity index is 1.07. The van der Waals surface area contributed by atoms with Gasteiger partial charge in [-0.05, 0) is 49.8 Å². The first-order valence-corrected chi connectivity index (χ1v) is 22.5. The number of hydrogen-bond donors (Lipinski definition) is 5. The zero-order valence-electron chi connectivity index (χ0n) is 35.7. The summed E-state index contributed by atoms with van der Waals surface area (Å²) >= 11 is 0. The first kappa shape index (κ1) is 45.0. The highest BCUT2D eigenvalue weighted by Gasteiger charge is 2.49. The number of nitrogens with zero attached hydrogens (tertiary/aromatic N) is 1. The van der Waals surface area contributed by atoms with Crippen LogP contribution in [0.5, 0.6) is 0 Å². The molecule has 2 aromatic carbocycles. The van der Waals surface area contributed by atoms with E-state index < -0.39 is 29.7 Å². The first-order chi connectivity index (χ1) is 29.6. The Hall–Kier alpha value is -5.52. The predicted molar refractivity (Wildman–Crippen MR) is 236 cm³/mol. The van der Waals surface area contributed by atoms with Crippen molar-refractivity contribution in [2.45, 2.75) is 120 Å². The van der Waals surface area contributed by atoms with E-state index in [4.69, 9.17) is 0 Å². The Morgan fingerprint density at radius 2 is 1.23 bits per heavy atom. The maximum atomic E-state index is 14.0. The largest absolute Gasteiger partial charge is 0.354 e. The molecular formula is C49H64N6O6. The molecule has 6 rings (SSSR count). The molecule has 0 spiro atoms. The molecule has 2 saturated heterocycles. The van der Waals surface area contributed by atoms with Gasteiger partial charge in [0.25, 0.3) is 5.91 Å². The van der Waals surface area contributed by atoms with E-state index >= 15 is 0 Å². The van der Waals surface area contributed by atoms with Crippen molar-refractivity contribution >= 4 is 35.4 Å². The smallest absolute Gasteiger partial charge is 0.253 e. The van der Waals surface area contributed by atoms with Crippen LogP contribution < -0.4 is 26.6 Å². The molecule has 2 aromatic rings. The average molecular weight is 833 g/mol. The quantitative estimate of drug-likeness (QED) is 0.140. The number of carbonyl (C=O) groups excluding carboxylic acids is 6. The monoisotopic (exact) mass is 832 g/mol.